The molecule has 2 heterocycles. The highest BCUT2D eigenvalue weighted by atomic mass is 32.2. The maximum atomic E-state index is 13.1. The summed E-state index contributed by atoms with van der Waals surface area (Å²) in [6.45, 7) is 0.709. The van der Waals surface area contributed by atoms with Crippen LogP contribution in [0.4, 0.5) is 9.18 Å². The van der Waals surface area contributed by atoms with Crippen molar-refractivity contribution < 1.29 is 28.2 Å². The van der Waals surface area contributed by atoms with Crippen molar-refractivity contribution >= 4 is 29.0 Å². The lowest BCUT2D eigenvalue weighted by molar-refractivity contribution is -0.123. The van der Waals surface area contributed by atoms with E-state index in [1.54, 1.807) is 18.2 Å². The predicted octanol–water partition coefficient (Wildman–Crippen LogP) is 5.37. The number of hydrogen-bond donors (Lipinski definition) is 0. The molecule has 1 saturated heterocycles. The molecule has 0 unspecified atom stereocenters. The largest absolute Gasteiger partial charge is 0.489 e. The molecule has 8 heteroatoms. The highest BCUT2D eigenvalue weighted by molar-refractivity contribution is 8.18. The smallest absolute Gasteiger partial charge is 0.293 e. The molecule has 0 bridgehead atoms. The molecule has 0 spiro atoms. The van der Waals surface area contributed by atoms with Crippen LogP contribution in [-0.4, -0.2) is 22.8 Å². The number of carbonyl (C=O) groups excluding carboxylic acids is 2. The van der Waals surface area contributed by atoms with E-state index < -0.39 is 0 Å². The van der Waals surface area contributed by atoms with Crippen LogP contribution in [0, 0.1) is 5.82 Å². The molecule has 0 N–H and O–H groups in total. The number of ether oxygens (including phenoxy) is 3. The van der Waals surface area contributed by atoms with Crippen LogP contribution in [-0.2, 0) is 17.9 Å². The Bertz CT molecular complexity index is 1240. The molecule has 0 aliphatic carbocycles. The van der Waals surface area contributed by atoms with E-state index in [1.807, 2.05) is 42.5 Å². The Morgan fingerprint density at radius 1 is 0.939 bits per heavy atom. The number of rotatable bonds is 6. The highest BCUT2D eigenvalue weighted by Gasteiger charge is 2.34. The Balaban J connectivity index is 1.22. The zero-order valence-electron chi connectivity index (χ0n) is 17.3. The van der Waals surface area contributed by atoms with Crippen LogP contribution in [0.15, 0.2) is 71.6 Å². The normalized spacial score (nSPS) is 16.0. The van der Waals surface area contributed by atoms with Gasteiger partial charge >= 0.3 is 0 Å². The molecule has 2 amide bonds. The summed E-state index contributed by atoms with van der Waals surface area (Å²) in [7, 11) is 0. The second-order valence-electron chi connectivity index (χ2n) is 7.44. The molecule has 3 aromatic carbocycles. The molecule has 33 heavy (non-hydrogen) atoms. The molecule has 5 rings (SSSR count). The summed E-state index contributed by atoms with van der Waals surface area (Å²) in [5.41, 5.74) is 2.42. The molecule has 0 aromatic heterocycles. The van der Waals surface area contributed by atoms with Gasteiger partial charge in [-0.15, -0.1) is 0 Å². The molecule has 2 aliphatic rings. The van der Waals surface area contributed by atoms with Crippen molar-refractivity contribution in [3.05, 3.63) is 94.1 Å². The van der Waals surface area contributed by atoms with Crippen LogP contribution in [0.2, 0.25) is 0 Å². The van der Waals surface area contributed by atoms with Gasteiger partial charge in [0.15, 0.2) is 11.5 Å². The van der Waals surface area contributed by atoms with Crippen LogP contribution < -0.4 is 14.2 Å². The minimum absolute atomic E-state index is 0.106. The van der Waals surface area contributed by atoms with Gasteiger partial charge in [0.25, 0.3) is 11.1 Å². The van der Waals surface area contributed by atoms with Gasteiger partial charge in [-0.3, -0.25) is 14.5 Å². The summed E-state index contributed by atoms with van der Waals surface area (Å²) < 4.78 is 29.6. The van der Waals surface area contributed by atoms with Gasteiger partial charge in [-0.1, -0.05) is 30.3 Å². The lowest BCUT2D eigenvalue weighted by atomic mass is 10.2. The highest BCUT2D eigenvalue weighted by Crippen LogP contribution is 2.34. The number of halogens is 1. The van der Waals surface area contributed by atoms with Gasteiger partial charge in [-0.2, -0.15) is 0 Å². The monoisotopic (exact) mass is 463 g/mol. The van der Waals surface area contributed by atoms with Crippen molar-refractivity contribution in [3.8, 4) is 17.2 Å². The first-order valence-electron chi connectivity index (χ1n) is 10.2. The molecule has 0 radical (unpaired) electrons. The fourth-order valence-corrected chi connectivity index (χ4v) is 4.26. The van der Waals surface area contributed by atoms with Gasteiger partial charge in [0.2, 0.25) is 6.79 Å². The molecule has 3 aromatic rings. The Morgan fingerprint density at radius 3 is 2.45 bits per heavy atom. The zero-order chi connectivity index (χ0) is 22.8. The first-order chi connectivity index (χ1) is 16.0. The molecular formula is C25H18FNO5S. The molecule has 2 aliphatic heterocycles. The number of hydrogen-bond acceptors (Lipinski definition) is 6. The summed E-state index contributed by atoms with van der Waals surface area (Å²) >= 11 is 0.892. The van der Waals surface area contributed by atoms with Gasteiger partial charge in [0.1, 0.15) is 18.2 Å². The molecule has 1 fully saturated rings. The maximum absolute atomic E-state index is 13.1. The van der Waals surface area contributed by atoms with E-state index in [4.69, 9.17) is 14.2 Å². The Kier molecular flexibility index (Phi) is 5.75. The van der Waals surface area contributed by atoms with E-state index >= 15 is 0 Å². The van der Waals surface area contributed by atoms with Crippen LogP contribution in [0.1, 0.15) is 16.7 Å². The zero-order valence-corrected chi connectivity index (χ0v) is 18.1. The third-order valence-electron chi connectivity index (χ3n) is 5.15. The number of carbonyl (C=O) groups is 2. The lowest BCUT2D eigenvalue weighted by Crippen LogP contribution is -2.27. The second kappa shape index (κ2) is 8.99. The van der Waals surface area contributed by atoms with E-state index in [1.165, 1.54) is 12.1 Å². The van der Waals surface area contributed by atoms with Crippen LogP contribution in [0.25, 0.3) is 6.08 Å². The van der Waals surface area contributed by atoms with Gasteiger partial charge in [-0.05, 0) is 70.9 Å². The number of nitrogens with zero attached hydrogens (tertiary/aromatic N) is 1. The minimum Gasteiger partial charge on any atom is -0.489 e. The summed E-state index contributed by atoms with van der Waals surface area (Å²) in [4.78, 5) is 26.5. The fraction of sp³-hybridized carbons (Fsp3) is 0.120. The van der Waals surface area contributed by atoms with Crippen LogP contribution in [0.3, 0.4) is 0 Å². The molecular weight excluding hydrogens is 445 g/mol. The summed E-state index contributed by atoms with van der Waals surface area (Å²) in [6.07, 6.45) is 1.68. The maximum Gasteiger partial charge on any atom is 0.293 e. The van der Waals surface area contributed by atoms with Crippen molar-refractivity contribution in [3.63, 3.8) is 0 Å². The standard InChI is InChI=1S/C25H18FNO5S/c26-19-6-1-17(2-7-19)13-27-24(28)23(33-25(27)29)12-16-3-8-20(9-4-16)30-14-18-5-10-21-22(11-18)32-15-31-21/h1-12H,13-15H2/b23-12-. The number of imide groups is 1. The van der Waals surface area contributed by atoms with Gasteiger partial charge in [-0.25, -0.2) is 4.39 Å². The average Bonchev–Trinajstić information content (AvgIpc) is 3.39. The first-order valence-corrected chi connectivity index (χ1v) is 11.0. The molecule has 166 valence electrons. The summed E-state index contributed by atoms with van der Waals surface area (Å²) in [5.74, 6) is 1.38. The van der Waals surface area contributed by atoms with Crippen molar-refractivity contribution in [1.82, 2.24) is 4.90 Å². The van der Waals surface area contributed by atoms with Crippen LogP contribution >= 0.6 is 11.8 Å². The Morgan fingerprint density at radius 2 is 1.67 bits per heavy atom. The second-order valence-corrected chi connectivity index (χ2v) is 8.43. The number of benzene rings is 3. The quantitative estimate of drug-likeness (QED) is 0.458. The number of amides is 2. The van der Waals surface area contributed by atoms with Crippen molar-refractivity contribution in [1.29, 1.82) is 0 Å². The van der Waals surface area contributed by atoms with E-state index in [9.17, 15) is 14.0 Å². The van der Waals surface area contributed by atoms with Gasteiger partial charge in [0, 0.05) is 0 Å². The van der Waals surface area contributed by atoms with E-state index in [2.05, 4.69) is 0 Å². The Labute approximate surface area is 193 Å². The van der Waals surface area contributed by atoms with E-state index in [0.29, 0.717) is 28.6 Å². The fourth-order valence-electron chi connectivity index (χ4n) is 3.42. The number of fused-ring (bicyclic) bond motifs is 1. The predicted molar refractivity (Wildman–Crippen MR) is 121 cm³/mol. The van der Waals surface area contributed by atoms with E-state index in [-0.39, 0.29) is 30.3 Å². The molecule has 6 nitrogen and oxygen atoms in total. The Hall–Kier alpha value is -3.78. The SMILES string of the molecule is O=C1S/C(=C\c2ccc(OCc3ccc4c(c3)OCO4)cc2)C(=O)N1Cc1ccc(F)cc1. The topological polar surface area (TPSA) is 65.1 Å². The van der Waals surface area contributed by atoms with E-state index in [0.717, 1.165) is 33.5 Å². The third-order valence-corrected chi connectivity index (χ3v) is 6.06. The van der Waals surface area contributed by atoms with Crippen molar-refractivity contribution in [2.45, 2.75) is 13.2 Å². The minimum atomic E-state index is -0.365. The lowest BCUT2D eigenvalue weighted by Gasteiger charge is -2.12. The van der Waals surface area contributed by atoms with Gasteiger partial charge < -0.3 is 14.2 Å². The molecule has 0 atom stereocenters. The van der Waals surface area contributed by atoms with Crippen LogP contribution in [0.5, 0.6) is 17.2 Å². The van der Waals surface area contributed by atoms with Gasteiger partial charge in [0.05, 0.1) is 11.4 Å². The third kappa shape index (κ3) is 4.70. The first kappa shape index (κ1) is 21.1. The number of thioether (sulfide) groups is 1. The van der Waals surface area contributed by atoms with Crippen molar-refractivity contribution in [2.75, 3.05) is 6.79 Å². The van der Waals surface area contributed by atoms with Crippen molar-refractivity contribution in [2.24, 2.45) is 0 Å². The average molecular weight is 463 g/mol. The summed E-state index contributed by atoms with van der Waals surface area (Å²) in [5, 5.41) is -0.348. The summed E-state index contributed by atoms with van der Waals surface area (Å²) in [6, 6.07) is 18.7. The molecule has 0 saturated carbocycles.